The van der Waals surface area contributed by atoms with Crippen LogP contribution >= 0.6 is 12.4 Å². The maximum atomic E-state index is 11.8. The van der Waals surface area contributed by atoms with Crippen molar-refractivity contribution in [1.82, 2.24) is 4.90 Å². The molecule has 6 nitrogen and oxygen atoms in total. The number of carbonyl (C=O) groups is 2. The van der Waals surface area contributed by atoms with E-state index >= 15 is 0 Å². The number of likely N-dealkylation sites (tertiary alicyclic amines) is 1. The van der Waals surface area contributed by atoms with E-state index in [-0.39, 0.29) is 30.3 Å². The minimum atomic E-state index is -0.443. The molecule has 1 aromatic carbocycles. The predicted octanol–water partition coefficient (Wildman–Crippen LogP) is 1.65. The quantitative estimate of drug-likeness (QED) is 0.813. The number of ether oxygens (including phenoxy) is 1. The lowest BCUT2D eigenvalue weighted by Gasteiger charge is -2.33. The maximum absolute atomic E-state index is 11.8. The van der Waals surface area contributed by atoms with Gasteiger partial charge in [0, 0.05) is 24.8 Å². The zero-order valence-electron chi connectivity index (χ0n) is 13.5. The van der Waals surface area contributed by atoms with Crippen molar-refractivity contribution in [1.29, 1.82) is 0 Å². The average molecular weight is 342 g/mol. The fourth-order valence-electron chi connectivity index (χ4n) is 2.62. The second kappa shape index (κ2) is 8.74. The second-order valence-electron chi connectivity index (χ2n) is 5.60. The summed E-state index contributed by atoms with van der Waals surface area (Å²) < 4.78 is 4.72. The molecule has 0 saturated carbocycles. The number of amides is 1. The van der Waals surface area contributed by atoms with Crippen LogP contribution in [0, 0.1) is 0 Å². The predicted molar refractivity (Wildman–Crippen MR) is 91.9 cm³/mol. The van der Waals surface area contributed by atoms with Crippen LogP contribution in [-0.2, 0) is 9.53 Å². The van der Waals surface area contributed by atoms with Crippen LogP contribution in [0.1, 0.15) is 30.1 Å². The van der Waals surface area contributed by atoms with Gasteiger partial charge in [0.1, 0.15) is 0 Å². The molecule has 0 unspecified atom stereocenters. The van der Waals surface area contributed by atoms with Crippen molar-refractivity contribution in [3.05, 3.63) is 29.8 Å². The van der Waals surface area contributed by atoms with Gasteiger partial charge in [0.05, 0.1) is 18.7 Å². The Kier molecular flexibility index (Phi) is 7.32. The molecule has 1 fully saturated rings. The highest BCUT2D eigenvalue weighted by Crippen LogP contribution is 2.18. The van der Waals surface area contributed by atoms with Crippen LogP contribution in [0.4, 0.5) is 5.69 Å². The van der Waals surface area contributed by atoms with Gasteiger partial charge in [0.15, 0.2) is 0 Å². The molecule has 0 radical (unpaired) electrons. The first-order valence-electron chi connectivity index (χ1n) is 7.50. The Balaban J connectivity index is 0.00000264. The third-order valence-corrected chi connectivity index (χ3v) is 3.85. The van der Waals surface area contributed by atoms with Gasteiger partial charge >= 0.3 is 5.97 Å². The van der Waals surface area contributed by atoms with Crippen molar-refractivity contribution in [2.75, 3.05) is 25.5 Å². The molecule has 0 aromatic heterocycles. The summed E-state index contributed by atoms with van der Waals surface area (Å²) in [5.41, 5.74) is 7.05. The van der Waals surface area contributed by atoms with Crippen LogP contribution in [0.3, 0.4) is 0 Å². The van der Waals surface area contributed by atoms with Crippen molar-refractivity contribution < 1.29 is 14.3 Å². The van der Waals surface area contributed by atoms with Crippen LogP contribution < -0.4 is 11.1 Å². The lowest BCUT2D eigenvalue weighted by atomic mass is 10.0. The van der Waals surface area contributed by atoms with Crippen LogP contribution in [0.2, 0.25) is 0 Å². The Bertz CT molecular complexity index is 543. The summed E-state index contributed by atoms with van der Waals surface area (Å²) in [5.74, 6) is -0.341. The van der Waals surface area contributed by atoms with Crippen molar-refractivity contribution in [2.45, 2.75) is 31.8 Å². The molecule has 1 saturated heterocycles. The van der Waals surface area contributed by atoms with Gasteiger partial charge in [-0.15, -0.1) is 12.4 Å². The molecule has 1 heterocycles. The van der Waals surface area contributed by atoms with Gasteiger partial charge in [-0.3, -0.25) is 4.79 Å². The average Bonchev–Trinajstić information content (AvgIpc) is 2.54. The molecular formula is C16H24ClN3O3. The minimum absolute atomic E-state index is 0. The first-order valence-corrected chi connectivity index (χ1v) is 7.50. The summed E-state index contributed by atoms with van der Waals surface area (Å²) in [5, 5.41) is 3.41. The zero-order chi connectivity index (χ0) is 16.1. The van der Waals surface area contributed by atoms with E-state index in [4.69, 9.17) is 10.5 Å². The Labute approximate surface area is 142 Å². The number of benzene rings is 1. The number of methoxy groups -OCH3 is 1. The standard InChI is InChI=1S/C16H23N3O3.ClH/c1-11(17)15(20)19-8-6-13(7-9-19)18-14-5-3-4-12(10-14)16(21)22-2;/h3-5,10-11,13,18H,6-9,17H2,1-2H3;1H/t11-;/m1./s1. The number of esters is 1. The number of rotatable bonds is 4. The Morgan fingerprint density at radius 2 is 2.00 bits per heavy atom. The Hall–Kier alpha value is -1.79. The first-order chi connectivity index (χ1) is 10.5. The van der Waals surface area contributed by atoms with Crippen molar-refractivity contribution >= 4 is 30.0 Å². The monoisotopic (exact) mass is 341 g/mol. The lowest BCUT2D eigenvalue weighted by molar-refractivity contribution is -0.133. The molecule has 1 amide bonds. The number of piperidine rings is 1. The third-order valence-electron chi connectivity index (χ3n) is 3.85. The highest BCUT2D eigenvalue weighted by Gasteiger charge is 2.24. The highest BCUT2D eigenvalue weighted by molar-refractivity contribution is 5.90. The SMILES string of the molecule is COC(=O)c1cccc(NC2CCN(C(=O)[C@@H](C)N)CC2)c1.Cl. The summed E-state index contributed by atoms with van der Waals surface area (Å²) in [6.45, 7) is 3.12. The number of nitrogens with one attached hydrogen (secondary N) is 1. The molecule has 0 spiro atoms. The van der Waals surface area contributed by atoms with Crippen molar-refractivity contribution in [3.63, 3.8) is 0 Å². The van der Waals surface area contributed by atoms with Gasteiger partial charge in [0.25, 0.3) is 0 Å². The van der Waals surface area contributed by atoms with Gasteiger partial charge in [-0.25, -0.2) is 4.79 Å². The first kappa shape index (κ1) is 19.3. The second-order valence-corrected chi connectivity index (χ2v) is 5.60. The third kappa shape index (κ3) is 5.11. The maximum Gasteiger partial charge on any atom is 0.337 e. The van der Waals surface area contributed by atoms with Crippen LogP contribution in [0.5, 0.6) is 0 Å². The van der Waals surface area contributed by atoms with Crippen LogP contribution in [0.25, 0.3) is 0 Å². The van der Waals surface area contributed by atoms with E-state index in [0.717, 1.165) is 18.5 Å². The zero-order valence-corrected chi connectivity index (χ0v) is 14.3. The molecule has 7 heteroatoms. The lowest BCUT2D eigenvalue weighted by Crippen LogP contribution is -2.48. The van der Waals surface area contributed by atoms with Crippen molar-refractivity contribution in [3.8, 4) is 0 Å². The molecule has 0 bridgehead atoms. The van der Waals surface area contributed by atoms with E-state index < -0.39 is 6.04 Å². The van der Waals surface area contributed by atoms with Gasteiger partial charge in [-0.2, -0.15) is 0 Å². The summed E-state index contributed by atoms with van der Waals surface area (Å²) in [6, 6.07) is 7.09. The number of nitrogens with zero attached hydrogens (tertiary/aromatic N) is 1. The summed E-state index contributed by atoms with van der Waals surface area (Å²) in [6.07, 6.45) is 1.72. The minimum Gasteiger partial charge on any atom is -0.465 e. The number of hydrogen-bond acceptors (Lipinski definition) is 5. The van der Waals surface area contributed by atoms with E-state index in [0.29, 0.717) is 18.7 Å². The topological polar surface area (TPSA) is 84.7 Å². The molecule has 128 valence electrons. The number of carbonyl (C=O) groups excluding carboxylic acids is 2. The van der Waals surface area contributed by atoms with E-state index in [1.807, 2.05) is 17.0 Å². The number of halogens is 1. The summed E-state index contributed by atoms with van der Waals surface area (Å²) in [4.78, 5) is 25.2. The summed E-state index contributed by atoms with van der Waals surface area (Å²) >= 11 is 0. The van der Waals surface area contributed by atoms with Crippen molar-refractivity contribution in [2.24, 2.45) is 5.73 Å². The molecule has 1 atom stereocenters. The molecule has 0 aliphatic carbocycles. The highest BCUT2D eigenvalue weighted by atomic mass is 35.5. The largest absolute Gasteiger partial charge is 0.465 e. The molecule has 1 aliphatic heterocycles. The van der Waals surface area contributed by atoms with Gasteiger partial charge in [-0.1, -0.05) is 6.07 Å². The van der Waals surface area contributed by atoms with Gasteiger partial charge in [-0.05, 0) is 38.0 Å². The van der Waals surface area contributed by atoms with E-state index in [2.05, 4.69) is 5.32 Å². The van der Waals surface area contributed by atoms with E-state index in [9.17, 15) is 9.59 Å². The molecule has 23 heavy (non-hydrogen) atoms. The molecule has 1 aliphatic rings. The van der Waals surface area contributed by atoms with E-state index in [1.165, 1.54) is 7.11 Å². The molecular weight excluding hydrogens is 318 g/mol. The van der Waals surface area contributed by atoms with Gasteiger partial charge < -0.3 is 20.7 Å². The number of nitrogens with two attached hydrogens (primary N) is 1. The normalized spacial score (nSPS) is 16.2. The van der Waals surface area contributed by atoms with E-state index in [1.54, 1.807) is 19.1 Å². The van der Waals surface area contributed by atoms with Gasteiger partial charge in [0.2, 0.25) is 5.91 Å². The number of hydrogen-bond donors (Lipinski definition) is 2. The number of anilines is 1. The van der Waals surface area contributed by atoms with Crippen LogP contribution in [-0.4, -0.2) is 49.1 Å². The molecule has 2 rings (SSSR count). The smallest absolute Gasteiger partial charge is 0.337 e. The Morgan fingerprint density at radius 1 is 1.35 bits per heavy atom. The van der Waals surface area contributed by atoms with Crippen LogP contribution in [0.15, 0.2) is 24.3 Å². The fraction of sp³-hybridized carbons (Fsp3) is 0.500. The summed E-state index contributed by atoms with van der Waals surface area (Å²) in [7, 11) is 1.37. The molecule has 3 N–H and O–H groups in total. The Morgan fingerprint density at radius 3 is 2.57 bits per heavy atom. The molecule has 1 aromatic rings. The fourth-order valence-corrected chi connectivity index (χ4v) is 2.62.